The molecule has 1 aromatic heterocycles. The monoisotopic (exact) mass is 234 g/mol. The van der Waals surface area contributed by atoms with Crippen LogP contribution in [0.2, 0.25) is 5.02 Å². The summed E-state index contributed by atoms with van der Waals surface area (Å²) in [4.78, 5) is 11.0. The van der Waals surface area contributed by atoms with Gasteiger partial charge in [0.15, 0.2) is 6.29 Å². The summed E-state index contributed by atoms with van der Waals surface area (Å²) in [5.41, 5.74) is 2.30. The number of hydrogen-bond acceptors (Lipinski definition) is 2. The van der Waals surface area contributed by atoms with E-state index in [0.717, 1.165) is 18.3 Å². The number of halogens is 1. The third-order valence-corrected chi connectivity index (χ3v) is 2.77. The van der Waals surface area contributed by atoms with Crippen LogP contribution in [0.5, 0.6) is 0 Å². The molecule has 0 saturated heterocycles. The molecule has 2 rings (SSSR count). The normalized spacial score (nSPS) is 10.4. The molecule has 0 unspecified atom stereocenters. The van der Waals surface area contributed by atoms with Gasteiger partial charge in [-0.1, -0.05) is 24.6 Å². The van der Waals surface area contributed by atoms with E-state index in [4.69, 9.17) is 11.6 Å². The van der Waals surface area contributed by atoms with Crippen LogP contribution < -0.4 is 0 Å². The maximum Gasteiger partial charge on any atom is 0.153 e. The number of hydrogen-bond donors (Lipinski definition) is 0. The molecular weight excluding hydrogens is 224 g/mol. The van der Waals surface area contributed by atoms with E-state index in [1.807, 2.05) is 12.3 Å². The molecule has 1 aromatic carbocycles. The Morgan fingerprint density at radius 2 is 2.31 bits per heavy atom. The van der Waals surface area contributed by atoms with Gasteiger partial charge in [0.1, 0.15) is 0 Å². The van der Waals surface area contributed by atoms with Crippen LogP contribution in [0.25, 0.3) is 5.69 Å². The first-order valence-corrected chi connectivity index (χ1v) is 5.41. The molecule has 0 aliphatic rings. The summed E-state index contributed by atoms with van der Waals surface area (Å²) >= 11 is 5.95. The first kappa shape index (κ1) is 10.9. The Balaban J connectivity index is 2.54. The average Bonchev–Trinajstić information content (AvgIpc) is 2.77. The van der Waals surface area contributed by atoms with E-state index >= 15 is 0 Å². The number of rotatable bonds is 3. The Morgan fingerprint density at radius 3 is 2.94 bits per heavy atom. The van der Waals surface area contributed by atoms with Crippen LogP contribution >= 0.6 is 11.6 Å². The second-order valence-corrected chi connectivity index (χ2v) is 3.84. The van der Waals surface area contributed by atoms with Crippen molar-refractivity contribution in [1.29, 1.82) is 0 Å². The van der Waals surface area contributed by atoms with Crippen molar-refractivity contribution in [3.8, 4) is 5.69 Å². The third-order valence-electron chi connectivity index (χ3n) is 2.44. The van der Waals surface area contributed by atoms with Crippen LogP contribution in [-0.2, 0) is 6.42 Å². The molecule has 0 amide bonds. The van der Waals surface area contributed by atoms with E-state index in [1.165, 1.54) is 0 Å². The average molecular weight is 235 g/mol. The van der Waals surface area contributed by atoms with Crippen LogP contribution in [0.4, 0.5) is 0 Å². The van der Waals surface area contributed by atoms with Crippen molar-refractivity contribution < 1.29 is 4.79 Å². The maximum absolute atomic E-state index is 11.0. The summed E-state index contributed by atoms with van der Waals surface area (Å²) in [6.45, 7) is 2.06. The summed E-state index contributed by atoms with van der Waals surface area (Å²) in [5, 5.41) is 4.65. The molecular formula is C12H11ClN2O. The predicted octanol–water partition coefficient (Wildman–Crippen LogP) is 2.90. The van der Waals surface area contributed by atoms with Crippen molar-refractivity contribution in [3.05, 3.63) is 46.7 Å². The van der Waals surface area contributed by atoms with Crippen molar-refractivity contribution >= 4 is 17.9 Å². The third kappa shape index (κ3) is 1.86. The van der Waals surface area contributed by atoms with E-state index in [9.17, 15) is 4.79 Å². The molecule has 0 spiro atoms. The summed E-state index contributed by atoms with van der Waals surface area (Å²) < 4.78 is 1.68. The van der Waals surface area contributed by atoms with E-state index < -0.39 is 0 Å². The van der Waals surface area contributed by atoms with E-state index in [0.29, 0.717) is 16.3 Å². The lowest BCUT2D eigenvalue weighted by Gasteiger charge is -2.05. The summed E-state index contributed by atoms with van der Waals surface area (Å²) in [7, 11) is 0. The van der Waals surface area contributed by atoms with Gasteiger partial charge < -0.3 is 0 Å². The fourth-order valence-corrected chi connectivity index (χ4v) is 1.73. The number of carbonyl (C=O) groups excluding carboxylic acids is 1. The predicted molar refractivity (Wildman–Crippen MR) is 63.3 cm³/mol. The van der Waals surface area contributed by atoms with Crippen molar-refractivity contribution in [2.45, 2.75) is 13.3 Å². The smallest absolute Gasteiger partial charge is 0.153 e. The van der Waals surface area contributed by atoms with Crippen LogP contribution in [0.15, 0.2) is 30.6 Å². The topological polar surface area (TPSA) is 34.9 Å². The number of carbonyl (C=O) groups is 1. The minimum absolute atomic E-state index is 0.445. The number of benzene rings is 1. The molecule has 0 aliphatic heterocycles. The van der Waals surface area contributed by atoms with Gasteiger partial charge in [-0.3, -0.25) is 4.79 Å². The largest absolute Gasteiger partial charge is 0.298 e. The van der Waals surface area contributed by atoms with Gasteiger partial charge in [-0.05, 0) is 24.1 Å². The van der Waals surface area contributed by atoms with E-state index in [1.54, 1.807) is 23.0 Å². The van der Waals surface area contributed by atoms with Crippen molar-refractivity contribution in [2.24, 2.45) is 0 Å². The second-order valence-electron chi connectivity index (χ2n) is 3.44. The zero-order chi connectivity index (χ0) is 11.5. The zero-order valence-electron chi connectivity index (χ0n) is 8.85. The molecule has 16 heavy (non-hydrogen) atoms. The first-order chi connectivity index (χ1) is 7.76. The Morgan fingerprint density at radius 1 is 1.50 bits per heavy atom. The van der Waals surface area contributed by atoms with Gasteiger partial charge in [-0.15, -0.1) is 0 Å². The highest BCUT2D eigenvalue weighted by Crippen LogP contribution is 2.21. The van der Waals surface area contributed by atoms with Gasteiger partial charge in [-0.25, -0.2) is 4.68 Å². The van der Waals surface area contributed by atoms with Crippen molar-refractivity contribution in [1.82, 2.24) is 9.78 Å². The van der Waals surface area contributed by atoms with Crippen LogP contribution in [0.3, 0.4) is 0 Å². The fraction of sp³-hybridized carbons (Fsp3) is 0.167. The minimum Gasteiger partial charge on any atom is -0.298 e. The van der Waals surface area contributed by atoms with Gasteiger partial charge in [0.25, 0.3) is 0 Å². The Bertz CT molecular complexity index is 519. The number of aromatic nitrogens is 2. The van der Waals surface area contributed by atoms with Crippen LogP contribution in [0, 0.1) is 0 Å². The lowest BCUT2D eigenvalue weighted by molar-refractivity contribution is 0.112. The van der Waals surface area contributed by atoms with Crippen LogP contribution in [0.1, 0.15) is 22.8 Å². The standard InChI is InChI=1S/C12H11ClN2O/c1-2-9-6-14-15(7-9)12-5-3-4-11(13)10(12)8-16/h3-8H,2H2,1H3. The molecule has 3 nitrogen and oxygen atoms in total. The SMILES string of the molecule is CCc1cnn(-c2cccc(Cl)c2C=O)c1. The fourth-order valence-electron chi connectivity index (χ4n) is 1.52. The minimum atomic E-state index is 0.445. The molecule has 4 heteroatoms. The van der Waals surface area contributed by atoms with Gasteiger partial charge in [0, 0.05) is 6.20 Å². The van der Waals surface area contributed by atoms with Crippen molar-refractivity contribution in [3.63, 3.8) is 0 Å². The molecule has 1 heterocycles. The lowest BCUT2D eigenvalue weighted by atomic mass is 10.2. The molecule has 0 atom stereocenters. The Kier molecular flexibility index (Phi) is 3.06. The number of aldehydes is 1. The molecule has 82 valence electrons. The van der Waals surface area contributed by atoms with Crippen molar-refractivity contribution in [2.75, 3.05) is 0 Å². The van der Waals surface area contributed by atoms with E-state index in [-0.39, 0.29) is 0 Å². The summed E-state index contributed by atoms with van der Waals surface area (Å²) in [6.07, 6.45) is 5.36. The Hall–Kier alpha value is -1.61. The molecule has 0 saturated carbocycles. The van der Waals surface area contributed by atoms with Crippen LogP contribution in [-0.4, -0.2) is 16.1 Å². The number of nitrogens with zero attached hydrogens (tertiary/aromatic N) is 2. The van der Waals surface area contributed by atoms with Gasteiger partial charge in [-0.2, -0.15) is 5.10 Å². The molecule has 0 bridgehead atoms. The molecule has 2 aromatic rings. The molecule has 0 radical (unpaired) electrons. The molecule has 0 aliphatic carbocycles. The van der Waals surface area contributed by atoms with Gasteiger partial charge in [0.05, 0.1) is 22.5 Å². The quantitative estimate of drug-likeness (QED) is 0.766. The highest BCUT2D eigenvalue weighted by atomic mass is 35.5. The maximum atomic E-state index is 11.0. The summed E-state index contributed by atoms with van der Waals surface area (Å²) in [5.74, 6) is 0. The molecule has 0 fully saturated rings. The Labute approximate surface area is 98.7 Å². The lowest BCUT2D eigenvalue weighted by Crippen LogP contribution is -1.99. The molecule has 0 N–H and O–H groups in total. The van der Waals surface area contributed by atoms with Gasteiger partial charge in [0.2, 0.25) is 0 Å². The number of aryl methyl sites for hydroxylation is 1. The first-order valence-electron chi connectivity index (χ1n) is 5.04. The summed E-state index contributed by atoms with van der Waals surface area (Å²) in [6, 6.07) is 5.32. The van der Waals surface area contributed by atoms with Gasteiger partial charge >= 0.3 is 0 Å². The highest BCUT2D eigenvalue weighted by molar-refractivity contribution is 6.33. The second kappa shape index (κ2) is 4.49. The van der Waals surface area contributed by atoms with E-state index in [2.05, 4.69) is 12.0 Å². The highest BCUT2D eigenvalue weighted by Gasteiger charge is 2.08. The zero-order valence-corrected chi connectivity index (χ0v) is 9.61.